The molecule has 1 atom stereocenters. The predicted octanol–water partition coefficient (Wildman–Crippen LogP) is 3.37. The minimum absolute atomic E-state index is 0.209. The minimum Gasteiger partial charge on any atom is -0.398 e. The Labute approximate surface area is 125 Å². The van der Waals surface area contributed by atoms with E-state index in [1.54, 1.807) is 0 Å². The molecule has 21 heavy (non-hydrogen) atoms. The zero-order valence-electron chi connectivity index (χ0n) is 13.0. The molecule has 0 saturated heterocycles. The van der Waals surface area contributed by atoms with E-state index in [2.05, 4.69) is 42.4 Å². The van der Waals surface area contributed by atoms with E-state index in [-0.39, 0.29) is 5.41 Å². The molecule has 5 heteroatoms. The molecular formula is C16H23N5. The van der Waals surface area contributed by atoms with Gasteiger partial charge >= 0.3 is 0 Å². The van der Waals surface area contributed by atoms with E-state index in [4.69, 9.17) is 5.73 Å². The maximum atomic E-state index is 6.14. The third kappa shape index (κ3) is 2.52. The van der Waals surface area contributed by atoms with Crippen molar-refractivity contribution in [3.63, 3.8) is 0 Å². The van der Waals surface area contributed by atoms with Crippen LogP contribution in [-0.4, -0.2) is 20.2 Å². The highest BCUT2D eigenvalue weighted by Crippen LogP contribution is 2.44. The largest absolute Gasteiger partial charge is 0.398 e. The van der Waals surface area contributed by atoms with Crippen molar-refractivity contribution in [1.82, 2.24) is 20.2 Å². The lowest BCUT2D eigenvalue weighted by molar-refractivity contribution is 0.132. The Morgan fingerprint density at radius 1 is 1.29 bits per heavy atom. The first-order valence-electron chi connectivity index (χ1n) is 7.63. The van der Waals surface area contributed by atoms with Crippen LogP contribution in [0.3, 0.4) is 0 Å². The summed E-state index contributed by atoms with van der Waals surface area (Å²) >= 11 is 0. The zero-order chi connectivity index (χ0) is 15.0. The predicted molar refractivity (Wildman–Crippen MR) is 83.7 cm³/mol. The molecule has 0 radical (unpaired) electrons. The summed E-state index contributed by atoms with van der Waals surface area (Å²) in [5.41, 5.74) is 9.17. The molecule has 5 nitrogen and oxygen atoms in total. The normalized spacial score (nSPS) is 21.4. The Bertz CT molecular complexity index is 644. The first kappa shape index (κ1) is 14.0. The van der Waals surface area contributed by atoms with Crippen LogP contribution in [0.4, 0.5) is 5.69 Å². The number of benzene rings is 1. The van der Waals surface area contributed by atoms with Gasteiger partial charge in [0, 0.05) is 11.3 Å². The highest BCUT2D eigenvalue weighted by atomic mass is 15.6. The van der Waals surface area contributed by atoms with E-state index in [1.165, 1.54) is 19.3 Å². The molecule has 1 unspecified atom stereocenters. The van der Waals surface area contributed by atoms with Crippen molar-refractivity contribution < 1.29 is 0 Å². The van der Waals surface area contributed by atoms with Crippen molar-refractivity contribution in [1.29, 1.82) is 0 Å². The summed E-state index contributed by atoms with van der Waals surface area (Å²) in [6.45, 7) is 6.67. The number of anilines is 1. The maximum absolute atomic E-state index is 6.14. The Hall–Kier alpha value is -1.91. The van der Waals surface area contributed by atoms with Gasteiger partial charge in [-0.3, -0.25) is 0 Å². The molecule has 1 aliphatic carbocycles. The monoisotopic (exact) mass is 285 g/mol. The second-order valence-electron chi connectivity index (χ2n) is 6.79. The lowest BCUT2D eigenvalue weighted by atomic mass is 9.73. The van der Waals surface area contributed by atoms with Crippen LogP contribution >= 0.6 is 0 Å². The highest BCUT2D eigenvalue weighted by molar-refractivity contribution is 5.72. The van der Waals surface area contributed by atoms with Crippen LogP contribution in [0, 0.1) is 12.3 Å². The number of nitrogens with zero attached hydrogens (tertiary/aromatic N) is 4. The van der Waals surface area contributed by atoms with E-state index in [0.29, 0.717) is 6.04 Å². The fraction of sp³-hybridized carbons (Fsp3) is 0.562. The smallest absolute Gasteiger partial charge is 0.184 e. The molecule has 2 aromatic rings. The molecule has 0 amide bonds. The summed E-state index contributed by atoms with van der Waals surface area (Å²) in [4.78, 5) is 0. The molecule has 1 fully saturated rings. The molecule has 2 N–H and O–H groups in total. The van der Waals surface area contributed by atoms with Crippen molar-refractivity contribution in [3.8, 4) is 11.4 Å². The molecular weight excluding hydrogens is 262 g/mol. The molecule has 0 bridgehead atoms. The number of rotatable bonds is 2. The van der Waals surface area contributed by atoms with Crippen molar-refractivity contribution >= 4 is 5.69 Å². The summed E-state index contributed by atoms with van der Waals surface area (Å²) in [5.74, 6) is 0.788. The van der Waals surface area contributed by atoms with Crippen LogP contribution in [0.15, 0.2) is 18.2 Å². The van der Waals surface area contributed by atoms with Crippen LogP contribution in [0.1, 0.15) is 51.1 Å². The van der Waals surface area contributed by atoms with E-state index >= 15 is 0 Å². The number of hydrogen-bond acceptors (Lipinski definition) is 4. The van der Waals surface area contributed by atoms with Crippen LogP contribution in [0.25, 0.3) is 11.4 Å². The van der Waals surface area contributed by atoms with Crippen LogP contribution in [0.5, 0.6) is 0 Å². The molecule has 1 aliphatic rings. The van der Waals surface area contributed by atoms with Crippen molar-refractivity contribution in [3.05, 3.63) is 23.8 Å². The van der Waals surface area contributed by atoms with Crippen molar-refractivity contribution in [2.24, 2.45) is 5.41 Å². The van der Waals surface area contributed by atoms with Crippen molar-refractivity contribution in [2.75, 3.05) is 5.73 Å². The van der Waals surface area contributed by atoms with Gasteiger partial charge in [-0.05, 0) is 47.7 Å². The van der Waals surface area contributed by atoms with Gasteiger partial charge in [-0.1, -0.05) is 38.3 Å². The first-order valence-corrected chi connectivity index (χ1v) is 7.63. The van der Waals surface area contributed by atoms with Crippen LogP contribution in [0.2, 0.25) is 0 Å². The van der Waals surface area contributed by atoms with Gasteiger partial charge in [0.25, 0.3) is 0 Å². The Kier molecular flexibility index (Phi) is 3.43. The van der Waals surface area contributed by atoms with Crippen molar-refractivity contribution in [2.45, 2.75) is 52.5 Å². The van der Waals surface area contributed by atoms with Gasteiger partial charge in [-0.25, -0.2) is 4.68 Å². The summed E-state index contributed by atoms with van der Waals surface area (Å²) < 4.78 is 1.99. The minimum atomic E-state index is 0.209. The van der Waals surface area contributed by atoms with E-state index in [1.807, 2.05) is 16.8 Å². The Morgan fingerprint density at radius 3 is 2.86 bits per heavy atom. The second-order valence-corrected chi connectivity index (χ2v) is 6.79. The number of nitrogen functional groups attached to an aromatic ring is 1. The maximum Gasteiger partial charge on any atom is 0.184 e. The lowest BCUT2D eigenvalue weighted by Gasteiger charge is -2.38. The molecule has 1 aromatic carbocycles. The van der Waals surface area contributed by atoms with Gasteiger partial charge in [0.1, 0.15) is 0 Å². The van der Waals surface area contributed by atoms with Crippen LogP contribution < -0.4 is 5.73 Å². The number of nitrogens with two attached hydrogens (primary N) is 1. The van der Waals surface area contributed by atoms with E-state index in [9.17, 15) is 0 Å². The molecule has 1 aromatic heterocycles. The van der Waals surface area contributed by atoms with Gasteiger partial charge in [-0.2, -0.15) is 0 Å². The van der Waals surface area contributed by atoms with Gasteiger partial charge in [0.15, 0.2) is 5.82 Å². The number of aryl methyl sites for hydroxylation is 1. The van der Waals surface area contributed by atoms with Gasteiger partial charge in [-0.15, -0.1) is 5.10 Å². The molecule has 1 saturated carbocycles. The average molecular weight is 285 g/mol. The number of tetrazole rings is 1. The van der Waals surface area contributed by atoms with E-state index in [0.717, 1.165) is 29.1 Å². The SMILES string of the molecule is Cc1ccc(N)c(-c2nnnn2C2CCCCC2(C)C)c1. The van der Waals surface area contributed by atoms with Crippen LogP contribution in [-0.2, 0) is 0 Å². The van der Waals surface area contributed by atoms with Gasteiger partial charge < -0.3 is 5.73 Å². The highest BCUT2D eigenvalue weighted by Gasteiger charge is 2.36. The fourth-order valence-corrected chi connectivity index (χ4v) is 3.37. The second kappa shape index (κ2) is 5.13. The molecule has 1 heterocycles. The van der Waals surface area contributed by atoms with Gasteiger partial charge in [0.05, 0.1) is 6.04 Å². The third-order valence-corrected chi connectivity index (χ3v) is 4.69. The standard InChI is InChI=1S/C16H23N5/c1-11-7-8-13(17)12(10-11)15-18-19-20-21(15)14-6-4-5-9-16(14,2)3/h7-8,10,14H,4-6,9,17H2,1-3H3. The Balaban J connectivity index is 2.07. The summed E-state index contributed by atoms with van der Waals surface area (Å²) in [6, 6.07) is 6.33. The molecule has 0 aliphatic heterocycles. The van der Waals surface area contributed by atoms with Gasteiger partial charge in [0.2, 0.25) is 0 Å². The van der Waals surface area contributed by atoms with E-state index < -0.39 is 0 Å². The summed E-state index contributed by atoms with van der Waals surface area (Å²) in [6.07, 6.45) is 4.85. The summed E-state index contributed by atoms with van der Waals surface area (Å²) in [7, 11) is 0. The fourth-order valence-electron chi connectivity index (χ4n) is 3.37. The Morgan fingerprint density at radius 2 is 2.10 bits per heavy atom. The number of aromatic nitrogens is 4. The number of hydrogen-bond donors (Lipinski definition) is 1. The zero-order valence-corrected chi connectivity index (χ0v) is 13.0. The quantitative estimate of drug-likeness (QED) is 0.859. The molecule has 3 rings (SSSR count). The molecule has 112 valence electrons. The summed E-state index contributed by atoms with van der Waals surface area (Å²) in [5, 5.41) is 12.5. The topological polar surface area (TPSA) is 69.6 Å². The average Bonchev–Trinajstić information content (AvgIpc) is 2.90. The molecule has 0 spiro atoms. The lowest BCUT2D eigenvalue weighted by Crippen LogP contribution is -2.31. The third-order valence-electron chi connectivity index (χ3n) is 4.69. The first-order chi connectivity index (χ1) is 9.99.